The zero-order valence-corrected chi connectivity index (χ0v) is 28.4. The highest BCUT2D eigenvalue weighted by molar-refractivity contribution is 7.21. The molecule has 4 heterocycles. The largest absolute Gasteiger partial charge is 0.458 e. The number of aromatic nitrogens is 3. The molecule has 5 nitrogen and oxygen atoms in total. The van der Waals surface area contributed by atoms with E-state index in [0.717, 1.165) is 62.2 Å². The number of fused-ring (bicyclic) bond motifs is 8. The van der Waals surface area contributed by atoms with Gasteiger partial charge in [0.1, 0.15) is 23.0 Å². The van der Waals surface area contributed by atoms with Crippen LogP contribution in [0.15, 0.2) is 176 Å². The van der Waals surface area contributed by atoms with Crippen LogP contribution in [-0.4, -0.2) is 23.0 Å². The molecule has 51 heavy (non-hydrogen) atoms. The summed E-state index contributed by atoms with van der Waals surface area (Å²) >= 11 is 0. The average Bonchev–Trinajstić information content (AvgIpc) is 3.21. The van der Waals surface area contributed by atoms with Gasteiger partial charge in [0.15, 0.2) is 13.9 Å². The van der Waals surface area contributed by atoms with E-state index in [4.69, 9.17) is 19.4 Å². The van der Waals surface area contributed by atoms with E-state index in [2.05, 4.69) is 120 Å². The monoisotopic (exact) mass is 671 g/mol. The Kier molecular flexibility index (Phi) is 6.75. The van der Waals surface area contributed by atoms with Gasteiger partial charge in [-0.25, -0.2) is 9.97 Å². The molecule has 1 atom stereocenters. The molecule has 1 unspecified atom stereocenters. The molecule has 2 aromatic heterocycles. The lowest BCUT2D eigenvalue weighted by atomic mass is 10.1. The van der Waals surface area contributed by atoms with Crippen LogP contribution in [0.25, 0.3) is 45.0 Å². The fourth-order valence-corrected chi connectivity index (χ4v) is 12.7. The molecule has 0 amide bonds. The van der Waals surface area contributed by atoms with Crippen molar-refractivity contribution in [3.63, 3.8) is 0 Å². The predicted octanol–water partition coefficient (Wildman–Crippen LogP) is 8.13. The normalized spacial score (nSPS) is 15.1. The van der Waals surface area contributed by atoms with Gasteiger partial charge in [0, 0.05) is 29.1 Å². The molecule has 1 spiro atoms. The summed E-state index contributed by atoms with van der Waals surface area (Å²) in [6.45, 7) is 0. The summed E-state index contributed by atoms with van der Waals surface area (Å²) in [4.78, 5) is 14.4. The minimum absolute atomic E-state index is 0.680. The van der Waals surface area contributed by atoms with Gasteiger partial charge in [0.05, 0.1) is 11.4 Å². The molecule has 8 aromatic rings. The van der Waals surface area contributed by atoms with Crippen LogP contribution < -0.4 is 30.2 Å². The first-order chi connectivity index (χ1) is 25.3. The van der Waals surface area contributed by atoms with E-state index < -0.39 is 8.07 Å². The second kappa shape index (κ2) is 11.8. The number of para-hydroxylation sites is 2. The van der Waals surface area contributed by atoms with Gasteiger partial charge in [-0.1, -0.05) is 121 Å². The van der Waals surface area contributed by atoms with Crippen LogP contribution in [0.5, 0.6) is 23.0 Å². The van der Waals surface area contributed by atoms with Gasteiger partial charge in [-0.2, -0.15) is 0 Å². The lowest BCUT2D eigenvalue weighted by Gasteiger charge is -2.43. The maximum Gasteiger partial charge on any atom is 0.196 e. The fourth-order valence-electron chi connectivity index (χ4n) is 7.62. The molecule has 10 rings (SSSR count). The molecule has 0 aliphatic carbocycles. The van der Waals surface area contributed by atoms with Crippen molar-refractivity contribution in [1.29, 1.82) is 0 Å². The number of benzene rings is 6. The van der Waals surface area contributed by atoms with E-state index in [0.29, 0.717) is 5.82 Å². The second-order valence-electron chi connectivity index (χ2n) is 12.8. The third-order valence-electron chi connectivity index (χ3n) is 9.93. The van der Waals surface area contributed by atoms with Crippen molar-refractivity contribution < 1.29 is 9.47 Å². The van der Waals surface area contributed by atoms with Crippen LogP contribution in [0.2, 0.25) is 0 Å². The summed E-state index contributed by atoms with van der Waals surface area (Å²) < 4.78 is 13.6. The lowest BCUT2D eigenvalue weighted by molar-refractivity contribution is 0.482. The molecular weight excluding hydrogens is 643 g/mol. The second-order valence-corrected chi connectivity index (χ2v) is 16.5. The first-order valence-corrected chi connectivity index (χ1v) is 19.0. The zero-order valence-electron chi connectivity index (χ0n) is 27.4. The molecule has 6 heteroatoms. The molecule has 6 aromatic carbocycles. The quantitative estimate of drug-likeness (QED) is 0.177. The standard InChI is InChI=1S/C45H29N3O2Si/c1-3-11-31(12-4-1)35-29-36(48-45(47-35)32-13-5-2-6-14-32)34-20-22-44-40(28-34)50-38-16-8-10-18-42(38)51(44)41-17-9-7-15-37(41)49-39-27-33(19-21-43(39)51)30-23-25-46-26-24-30/h1-29H. The molecule has 0 bridgehead atoms. The van der Waals surface area contributed by atoms with Crippen molar-refractivity contribution in [2.45, 2.75) is 0 Å². The minimum Gasteiger partial charge on any atom is -0.458 e. The van der Waals surface area contributed by atoms with Crippen molar-refractivity contribution in [3.05, 3.63) is 176 Å². The van der Waals surface area contributed by atoms with Crippen LogP contribution in [0.3, 0.4) is 0 Å². The topological polar surface area (TPSA) is 57.1 Å². The summed E-state index contributed by atoms with van der Waals surface area (Å²) in [5, 5.41) is 4.79. The van der Waals surface area contributed by atoms with Gasteiger partial charge in [0.2, 0.25) is 0 Å². The van der Waals surface area contributed by atoms with Gasteiger partial charge in [-0.05, 0) is 74.3 Å². The number of hydrogen-bond donors (Lipinski definition) is 0. The van der Waals surface area contributed by atoms with Crippen molar-refractivity contribution in [3.8, 4) is 68.0 Å². The van der Waals surface area contributed by atoms with Crippen molar-refractivity contribution >= 4 is 28.8 Å². The number of ether oxygens (including phenoxy) is 2. The van der Waals surface area contributed by atoms with E-state index in [1.807, 2.05) is 60.9 Å². The van der Waals surface area contributed by atoms with Crippen molar-refractivity contribution in [2.75, 3.05) is 0 Å². The molecule has 0 saturated carbocycles. The van der Waals surface area contributed by atoms with Crippen LogP contribution >= 0.6 is 0 Å². The summed E-state index contributed by atoms with van der Waals surface area (Å²) in [7, 11) is -2.92. The van der Waals surface area contributed by atoms with Crippen LogP contribution in [0.4, 0.5) is 0 Å². The Morgan fingerprint density at radius 1 is 0.353 bits per heavy atom. The first-order valence-electron chi connectivity index (χ1n) is 17.0. The number of rotatable bonds is 4. The van der Waals surface area contributed by atoms with Crippen molar-refractivity contribution in [2.24, 2.45) is 0 Å². The maximum atomic E-state index is 6.86. The smallest absolute Gasteiger partial charge is 0.196 e. The van der Waals surface area contributed by atoms with E-state index in [-0.39, 0.29) is 0 Å². The fraction of sp³-hybridized carbons (Fsp3) is 0. The number of hydrogen-bond acceptors (Lipinski definition) is 5. The van der Waals surface area contributed by atoms with E-state index >= 15 is 0 Å². The molecule has 0 radical (unpaired) electrons. The Morgan fingerprint density at radius 2 is 0.843 bits per heavy atom. The summed E-state index contributed by atoms with van der Waals surface area (Å²) in [5.41, 5.74) is 6.84. The van der Waals surface area contributed by atoms with Gasteiger partial charge in [0.25, 0.3) is 0 Å². The molecular formula is C45H29N3O2Si. The van der Waals surface area contributed by atoms with E-state index in [1.165, 1.54) is 20.7 Å². The maximum absolute atomic E-state index is 6.86. The third kappa shape index (κ3) is 4.72. The Bertz CT molecular complexity index is 2530. The van der Waals surface area contributed by atoms with E-state index in [9.17, 15) is 0 Å². The van der Waals surface area contributed by atoms with Crippen LogP contribution in [0.1, 0.15) is 0 Å². The van der Waals surface area contributed by atoms with Crippen molar-refractivity contribution in [1.82, 2.24) is 15.0 Å². The zero-order chi connectivity index (χ0) is 33.8. The SMILES string of the molecule is c1ccc(-c2cc(-c3ccc4c(c3)Oc3ccccc3[Si]43c4ccccc4Oc4cc(-c5ccncc5)ccc43)nc(-c3ccccc3)n2)cc1. The molecule has 0 fully saturated rings. The summed E-state index contributed by atoms with van der Waals surface area (Å²) in [6, 6.07) is 56.9. The van der Waals surface area contributed by atoms with Crippen LogP contribution in [-0.2, 0) is 0 Å². The summed E-state index contributed by atoms with van der Waals surface area (Å²) in [5.74, 6) is 4.13. The molecule has 240 valence electrons. The Labute approximate surface area is 296 Å². The highest BCUT2D eigenvalue weighted by atomic mass is 28.3. The predicted molar refractivity (Wildman–Crippen MR) is 205 cm³/mol. The highest BCUT2D eigenvalue weighted by Crippen LogP contribution is 2.39. The minimum atomic E-state index is -2.92. The first kappa shape index (κ1) is 29.3. The lowest BCUT2D eigenvalue weighted by Crippen LogP contribution is -2.77. The van der Waals surface area contributed by atoms with E-state index in [1.54, 1.807) is 0 Å². The highest BCUT2D eigenvalue weighted by Gasteiger charge is 2.53. The average molecular weight is 672 g/mol. The van der Waals surface area contributed by atoms with Gasteiger partial charge >= 0.3 is 0 Å². The molecule has 0 saturated heterocycles. The van der Waals surface area contributed by atoms with Gasteiger partial charge in [-0.15, -0.1) is 0 Å². The Hall–Kier alpha value is -6.63. The summed E-state index contributed by atoms with van der Waals surface area (Å²) in [6.07, 6.45) is 3.65. The third-order valence-corrected chi connectivity index (χ3v) is 14.8. The van der Waals surface area contributed by atoms with Gasteiger partial charge in [-0.3, -0.25) is 4.98 Å². The Morgan fingerprint density at radius 3 is 1.47 bits per heavy atom. The molecule has 0 N–H and O–H groups in total. The molecule has 2 aliphatic heterocycles. The number of nitrogens with zero attached hydrogens (tertiary/aromatic N) is 3. The number of pyridine rings is 1. The van der Waals surface area contributed by atoms with Gasteiger partial charge < -0.3 is 9.47 Å². The molecule has 2 aliphatic rings. The Balaban J connectivity index is 1.20. The van der Waals surface area contributed by atoms with Crippen LogP contribution in [0, 0.1) is 0 Å².